The average Bonchev–Trinajstić information content (AvgIpc) is 3.12. The van der Waals surface area contributed by atoms with Gasteiger partial charge in [-0.1, -0.05) is 25.1 Å². The van der Waals surface area contributed by atoms with Crippen molar-refractivity contribution in [2.45, 2.75) is 19.3 Å². The lowest BCUT2D eigenvalue weighted by Crippen LogP contribution is -2.28. The van der Waals surface area contributed by atoms with Crippen molar-refractivity contribution in [1.29, 1.82) is 0 Å². The molecule has 3 rings (SSSR count). The molecule has 0 saturated heterocycles. The fraction of sp³-hybridized carbons (Fsp3) is 0.211. The van der Waals surface area contributed by atoms with Crippen LogP contribution >= 0.6 is 0 Å². The van der Waals surface area contributed by atoms with Gasteiger partial charge in [0.25, 0.3) is 17.3 Å². The Morgan fingerprint density at radius 2 is 1.75 bits per heavy atom. The number of nitrogens with zero attached hydrogens (tertiary/aromatic N) is 2. The van der Waals surface area contributed by atoms with Crippen LogP contribution in [0, 0.1) is 20.2 Å². The average molecular weight is 382 g/mol. The predicted molar refractivity (Wildman–Crippen MR) is 103 cm³/mol. The van der Waals surface area contributed by atoms with Crippen LogP contribution in [0.5, 0.6) is 0 Å². The Hall–Kier alpha value is -3.75. The van der Waals surface area contributed by atoms with E-state index < -0.39 is 27.1 Å². The Bertz CT molecular complexity index is 1030. The Kier molecular flexibility index (Phi) is 5.35. The molecule has 1 heterocycles. The number of H-pyrrole nitrogens is 1. The molecule has 3 aromatic rings. The maximum absolute atomic E-state index is 12.5. The Morgan fingerprint density at radius 3 is 2.36 bits per heavy atom. The van der Waals surface area contributed by atoms with Crippen LogP contribution in [0.15, 0.2) is 48.7 Å². The fourth-order valence-corrected chi connectivity index (χ4v) is 3.16. The van der Waals surface area contributed by atoms with Crippen molar-refractivity contribution in [3.05, 3.63) is 80.0 Å². The molecule has 1 amide bonds. The van der Waals surface area contributed by atoms with E-state index in [0.29, 0.717) is 6.54 Å². The molecule has 1 aromatic heterocycles. The maximum atomic E-state index is 12.5. The summed E-state index contributed by atoms with van der Waals surface area (Å²) in [4.78, 5) is 36.1. The highest BCUT2D eigenvalue weighted by Gasteiger charge is 2.21. The van der Waals surface area contributed by atoms with Crippen molar-refractivity contribution >= 4 is 28.2 Å². The number of amides is 1. The lowest BCUT2D eigenvalue weighted by Gasteiger charge is -2.15. The Labute approximate surface area is 159 Å². The van der Waals surface area contributed by atoms with Crippen LogP contribution < -0.4 is 5.32 Å². The minimum atomic E-state index is -0.759. The summed E-state index contributed by atoms with van der Waals surface area (Å²) < 4.78 is 0. The van der Waals surface area contributed by atoms with E-state index >= 15 is 0 Å². The van der Waals surface area contributed by atoms with Crippen LogP contribution in [0.3, 0.4) is 0 Å². The first-order chi connectivity index (χ1) is 13.4. The van der Waals surface area contributed by atoms with Crippen molar-refractivity contribution in [2.75, 3.05) is 6.54 Å². The second-order valence-corrected chi connectivity index (χ2v) is 6.36. The minimum Gasteiger partial charge on any atom is -0.361 e. The summed E-state index contributed by atoms with van der Waals surface area (Å²) in [5, 5.41) is 25.8. The number of para-hydroxylation sites is 1. The van der Waals surface area contributed by atoms with Gasteiger partial charge in [0.05, 0.1) is 21.5 Å². The number of hydrogen-bond donors (Lipinski definition) is 2. The van der Waals surface area contributed by atoms with Gasteiger partial charge in [0, 0.05) is 41.7 Å². The van der Waals surface area contributed by atoms with Crippen LogP contribution in [0.2, 0.25) is 0 Å². The van der Waals surface area contributed by atoms with Gasteiger partial charge in [-0.25, -0.2) is 0 Å². The van der Waals surface area contributed by atoms with E-state index in [1.54, 1.807) is 0 Å². The molecule has 0 bridgehead atoms. The van der Waals surface area contributed by atoms with Crippen LogP contribution in [-0.2, 0) is 0 Å². The lowest BCUT2D eigenvalue weighted by atomic mass is 9.96. The number of aromatic nitrogens is 1. The van der Waals surface area contributed by atoms with Gasteiger partial charge < -0.3 is 10.3 Å². The summed E-state index contributed by atoms with van der Waals surface area (Å²) in [7, 11) is 0. The molecule has 0 fully saturated rings. The number of aromatic amines is 1. The van der Waals surface area contributed by atoms with E-state index in [1.807, 2.05) is 37.4 Å². The number of nitrogens with one attached hydrogen (secondary N) is 2. The van der Waals surface area contributed by atoms with Crippen molar-refractivity contribution in [3.63, 3.8) is 0 Å². The lowest BCUT2D eigenvalue weighted by molar-refractivity contribution is -0.394. The van der Waals surface area contributed by atoms with Crippen molar-refractivity contribution in [3.8, 4) is 0 Å². The number of nitro groups is 2. The van der Waals surface area contributed by atoms with Gasteiger partial charge in [0.2, 0.25) is 0 Å². The highest BCUT2D eigenvalue weighted by atomic mass is 16.6. The zero-order valence-corrected chi connectivity index (χ0v) is 15.0. The third-order valence-corrected chi connectivity index (χ3v) is 4.65. The monoisotopic (exact) mass is 382 g/mol. The fourth-order valence-electron chi connectivity index (χ4n) is 3.16. The zero-order valence-electron chi connectivity index (χ0n) is 15.0. The van der Waals surface area contributed by atoms with Gasteiger partial charge in [0.1, 0.15) is 0 Å². The first-order valence-corrected chi connectivity index (χ1v) is 8.68. The van der Waals surface area contributed by atoms with Crippen molar-refractivity contribution in [1.82, 2.24) is 10.3 Å². The van der Waals surface area contributed by atoms with Gasteiger partial charge in [-0.05, 0) is 18.1 Å². The van der Waals surface area contributed by atoms with Gasteiger partial charge in [0.15, 0.2) is 0 Å². The van der Waals surface area contributed by atoms with Crippen LogP contribution in [0.4, 0.5) is 11.4 Å². The number of fused-ring (bicyclic) bond motifs is 1. The Morgan fingerprint density at radius 1 is 1.11 bits per heavy atom. The number of non-ortho nitro benzene ring substituents is 2. The third-order valence-electron chi connectivity index (χ3n) is 4.65. The normalized spacial score (nSPS) is 11.9. The number of carbonyl (C=O) groups excluding carboxylic acids is 1. The van der Waals surface area contributed by atoms with E-state index in [9.17, 15) is 25.0 Å². The maximum Gasteiger partial charge on any atom is 0.277 e. The summed E-state index contributed by atoms with van der Waals surface area (Å²) in [5.41, 5.74) is 0.945. The van der Waals surface area contributed by atoms with Crippen molar-refractivity contribution < 1.29 is 14.6 Å². The quantitative estimate of drug-likeness (QED) is 0.472. The number of rotatable bonds is 7. The van der Waals surface area contributed by atoms with Gasteiger partial charge >= 0.3 is 0 Å². The van der Waals surface area contributed by atoms with E-state index in [2.05, 4.69) is 10.3 Å². The SMILES string of the molecule is CC[C@@H](CNC(=O)c1cc([N+](=O)[O-])cc([N+](=O)[O-])c1)c1c[nH]c2ccccc12. The molecule has 0 aliphatic carbocycles. The molecule has 2 aromatic carbocycles. The molecule has 0 spiro atoms. The predicted octanol–water partition coefficient (Wildman–Crippen LogP) is 3.91. The third kappa shape index (κ3) is 3.83. The van der Waals surface area contributed by atoms with Crippen LogP contribution in [-0.4, -0.2) is 27.3 Å². The number of benzene rings is 2. The van der Waals surface area contributed by atoms with Crippen LogP contribution in [0.1, 0.15) is 35.2 Å². The highest BCUT2D eigenvalue weighted by Crippen LogP contribution is 2.28. The summed E-state index contributed by atoms with van der Waals surface area (Å²) in [5.74, 6) is -0.570. The van der Waals surface area contributed by atoms with Gasteiger partial charge in [-0.15, -0.1) is 0 Å². The van der Waals surface area contributed by atoms with E-state index in [1.165, 1.54) is 0 Å². The number of hydrogen-bond acceptors (Lipinski definition) is 5. The van der Waals surface area contributed by atoms with Crippen LogP contribution in [0.25, 0.3) is 10.9 Å². The molecule has 28 heavy (non-hydrogen) atoms. The molecule has 144 valence electrons. The van der Waals surface area contributed by atoms with E-state index in [-0.39, 0.29) is 11.5 Å². The highest BCUT2D eigenvalue weighted by molar-refractivity contribution is 5.95. The molecular weight excluding hydrogens is 364 g/mol. The molecule has 9 nitrogen and oxygen atoms in total. The molecule has 9 heteroatoms. The summed E-state index contributed by atoms with van der Waals surface area (Å²) >= 11 is 0. The molecule has 0 radical (unpaired) electrons. The van der Waals surface area contributed by atoms with Gasteiger partial charge in [-0.3, -0.25) is 25.0 Å². The van der Waals surface area contributed by atoms with E-state index in [4.69, 9.17) is 0 Å². The molecule has 0 aliphatic rings. The molecular formula is C19H18N4O5. The minimum absolute atomic E-state index is 0.0220. The first-order valence-electron chi connectivity index (χ1n) is 8.68. The zero-order chi connectivity index (χ0) is 20.3. The largest absolute Gasteiger partial charge is 0.361 e. The van der Waals surface area contributed by atoms with Gasteiger partial charge in [-0.2, -0.15) is 0 Å². The summed E-state index contributed by atoms with van der Waals surface area (Å²) in [6.07, 6.45) is 2.67. The molecule has 0 saturated carbocycles. The van der Waals surface area contributed by atoms with E-state index in [0.717, 1.165) is 41.1 Å². The second-order valence-electron chi connectivity index (χ2n) is 6.36. The first kappa shape index (κ1) is 19.0. The number of nitro benzene ring substituents is 2. The molecule has 1 atom stereocenters. The van der Waals surface area contributed by atoms with Crippen molar-refractivity contribution in [2.24, 2.45) is 0 Å². The summed E-state index contributed by atoms with van der Waals surface area (Å²) in [6.45, 7) is 2.30. The molecule has 0 aliphatic heterocycles. The molecule has 2 N–H and O–H groups in total. The topological polar surface area (TPSA) is 131 Å². The summed E-state index contributed by atoms with van der Waals surface area (Å²) in [6, 6.07) is 10.7. The Balaban J connectivity index is 1.81. The molecule has 0 unspecified atom stereocenters. The smallest absolute Gasteiger partial charge is 0.277 e. The second kappa shape index (κ2) is 7.87. The standard InChI is InChI=1S/C19H18N4O5/c1-2-12(17-11-20-18-6-4-3-5-16(17)18)10-21-19(24)13-7-14(22(25)26)9-15(8-13)23(27)28/h3-9,11-12,20H,2,10H2,1H3,(H,21,24)/t12-/m0/s1. The number of carbonyl (C=O) groups is 1.